The third kappa shape index (κ3) is 3.40. The lowest BCUT2D eigenvalue weighted by molar-refractivity contribution is -0.114. The molecule has 0 saturated carbocycles. The van der Waals surface area contributed by atoms with E-state index in [1.807, 2.05) is 6.92 Å². The minimum atomic E-state index is -0.0185. The zero-order valence-electron chi connectivity index (χ0n) is 4.92. The van der Waals surface area contributed by atoms with Gasteiger partial charge in [0.05, 0.1) is 6.26 Å². The first-order valence-corrected chi connectivity index (χ1v) is 2.64. The molecule has 0 spiro atoms. The molecule has 46 valence electrons. The van der Waals surface area contributed by atoms with Gasteiger partial charge in [0.25, 0.3) is 0 Å². The molecule has 0 atom stereocenters. The van der Waals surface area contributed by atoms with Crippen LogP contribution >= 0.6 is 0 Å². The fourth-order valence-electron chi connectivity index (χ4n) is 0.413. The molecule has 0 aliphatic heterocycles. The van der Waals surface area contributed by atoms with Gasteiger partial charge in [-0.25, -0.2) is 0 Å². The Kier molecular flexibility index (Phi) is 3.94. The monoisotopic (exact) mass is 114 g/mol. The highest BCUT2D eigenvalue weighted by atomic mass is 16.2. The van der Waals surface area contributed by atoms with Crippen molar-refractivity contribution < 1.29 is 9.90 Å². The number of carbonyl (C=O) groups excluding carboxylic acids is 1. The summed E-state index contributed by atoms with van der Waals surface area (Å²) in [4.78, 5) is 10.4. The van der Waals surface area contributed by atoms with E-state index in [0.717, 1.165) is 12.7 Å². The lowest BCUT2D eigenvalue weighted by Crippen LogP contribution is -1.88. The van der Waals surface area contributed by atoms with Gasteiger partial charge in [0, 0.05) is 12.5 Å². The Balaban J connectivity index is 3.33. The summed E-state index contributed by atoms with van der Waals surface area (Å²) in [7, 11) is 0. The first kappa shape index (κ1) is 7.21. The van der Waals surface area contributed by atoms with Crippen molar-refractivity contribution in [2.45, 2.75) is 19.8 Å². The standard InChI is InChI=1S/C6H10O2/c1-2-3-6(8)4-5-7/h4-5,7H,2-3H2,1H3. The average molecular weight is 114 g/mol. The van der Waals surface area contributed by atoms with Crippen LogP contribution in [0.3, 0.4) is 0 Å². The summed E-state index contributed by atoms with van der Waals surface area (Å²) in [5.41, 5.74) is 0. The highest BCUT2D eigenvalue weighted by Gasteiger charge is 1.90. The van der Waals surface area contributed by atoms with Crippen LogP contribution < -0.4 is 0 Å². The van der Waals surface area contributed by atoms with Gasteiger partial charge in [0.2, 0.25) is 0 Å². The van der Waals surface area contributed by atoms with Crippen molar-refractivity contribution in [3.63, 3.8) is 0 Å². The molecule has 8 heavy (non-hydrogen) atoms. The Bertz CT molecular complexity index is 94.7. The SMILES string of the molecule is CCCC(=O)C=CO. The minimum absolute atomic E-state index is 0.0185. The first-order chi connectivity index (χ1) is 3.81. The molecule has 1 N–H and O–H groups in total. The van der Waals surface area contributed by atoms with E-state index in [4.69, 9.17) is 5.11 Å². The fraction of sp³-hybridized carbons (Fsp3) is 0.500. The van der Waals surface area contributed by atoms with E-state index in [1.165, 1.54) is 6.08 Å². The highest BCUT2D eigenvalue weighted by molar-refractivity contribution is 5.89. The smallest absolute Gasteiger partial charge is 0.158 e. The van der Waals surface area contributed by atoms with Gasteiger partial charge in [0.1, 0.15) is 0 Å². The topological polar surface area (TPSA) is 37.3 Å². The third-order valence-electron chi connectivity index (χ3n) is 0.757. The summed E-state index contributed by atoms with van der Waals surface area (Å²) < 4.78 is 0. The second-order valence-corrected chi connectivity index (χ2v) is 1.53. The molecule has 0 aromatic heterocycles. The van der Waals surface area contributed by atoms with E-state index in [1.54, 1.807) is 0 Å². The Hall–Kier alpha value is -0.790. The van der Waals surface area contributed by atoms with Crippen LogP contribution in [0.1, 0.15) is 19.8 Å². The van der Waals surface area contributed by atoms with Crippen LogP contribution in [0.25, 0.3) is 0 Å². The van der Waals surface area contributed by atoms with Crippen LogP contribution in [0.2, 0.25) is 0 Å². The zero-order chi connectivity index (χ0) is 6.41. The molecule has 0 aliphatic rings. The third-order valence-corrected chi connectivity index (χ3v) is 0.757. The van der Waals surface area contributed by atoms with Crippen LogP contribution in [0.5, 0.6) is 0 Å². The molecule has 0 fully saturated rings. The largest absolute Gasteiger partial charge is 0.515 e. The van der Waals surface area contributed by atoms with Gasteiger partial charge >= 0.3 is 0 Å². The summed E-state index contributed by atoms with van der Waals surface area (Å²) in [5, 5.41) is 8.06. The lowest BCUT2D eigenvalue weighted by atomic mass is 10.2. The van der Waals surface area contributed by atoms with Crippen molar-refractivity contribution in [1.29, 1.82) is 0 Å². The predicted molar refractivity (Wildman–Crippen MR) is 31.7 cm³/mol. The Morgan fingerprint density at radius 3 is 2.75 bits per heavy atom. The number of allylic oxidation sites excluding steroid dienone is 1. The van der Waals surface area contributed by atoms with E-state index in [2.05, 4.69) is 0 Å². The van der Waals surface area contributed by atoms with Crippen LogP contribution in [0, 0.1) is 0 Å². The molecule has 0 bridgehead atoms. The molecule has 0 aromatic rings. The maximum Gasteiger partial charge on any atom is 0.158 e. The number of aliphatic hydroxyl groups excluding tert-OH is 1. The summed E-state index contributed by atoms with van der Waals surface area (Å²) >= 11 is 0. The van der Waals surface area contributed by atoms with Crippen molar-refractivity contribution in [2.75, 3.05) is 0 Å². The van der Waals surface area contributed by atoms with Crippen molar-refractivity contribution in [2.24, 2.45) is 0 Å². The molecule has 0 radical (unpaired) electrons. The maximum atomic E-state index is 10.4. The van der Waals surface area contributed by atoms with Crippen molar-refractivity contribution >= 4 is 5.78 Å². The summed E-state index contributed by atoms with van der Waals surface area (Å²) in [5.74, 6) is -0.0185. The second-order valence-electron chi connectivity index (χ2n) is 1.53. The number of rotatable bonds is 3. The number of hydrogen-bond acceptors (Lipinski definition) is 2. The molecule has 0 aromatic carbocycles. The molecular formula is C6H10O2. The van der Waals surface area contributed by atoms with Crippen LogP contribution in [-0.2, 0) is 4.79 Å². The minimum Gasteiger partial charge on any atom is -0.515 e. The van der Waals surface area contributed by atoms with Crippen molar-refractivity contribution in [3.05, 3.63) is 12.3 Å². The second kappa shape index (κ2) is 4.37. The van der Waals surface area contributed by atoms with E-state index in [9.17, 15) is 4.79 Å². The molecule has 2 heteroatoms. The number of hydrogen-bond donors (Lipinski definition) is 1. The molecule has 0 heterocycles. The van der Waals surface area contributed by atoms with Crippen LogP contribution in [0.4, 0.5) is 0 Å². The molecule has 0 unspecified atom stereocenters. The van der Waals surface area contributed by atoms with E-state index in [0.29, 0.717) is 6.42 Å². The molecule has 0 saturated heterocycles. The molecular weight excluding hydrogens is 104 g/mol. The van der Waals surface area contributed by atoms with E-state index in [-0.39, 0.29) is 5.78 Å². The lowest BCUT2D eigenvalue weighted by Gasteiger charge is -1.84. The van der Waals surface area contributed by atoms with Gasteiger partial charge in [-0.3, -0.25) is 4.79 Å². The number of aliphatic hydroxyl groups is 1. The van der Waals surface area contributed by atoms with Gasteiger partial charge in [-0.05, 0) is 6.42 Å². The predicted octanol–water partition coefficient (Wildman–Crippen LogP) is 1.43. The van der Waals surface area contributed by atoms with Gasteiger partial charge in [0.15, 0.2) is 5.78 Å². The van der Waals surface area contributed by atoms with Crippen LogP contribution in [-0.4, -0.2) is 10.9 Å². The molecule has 0 rings (SSSR count). The normalized spacial score (nSPS) is 10.1. The van der Waals surface area contributed by atoms with Crippen molar-refractivity contribution in [3.8, 4) is 0 Å². The van der Waals surface area contributed by atoms with Gasteiger partial charge < -0.3 is 5.11 Å². The Morgan fingerprint density at radius 1 is 1.75 bits per heavy atom. The van der Waals surface area contributed by atoms with Gasteiger partial charge in [-0.1, -0.05) is 6.92 Å². The molecule has 2 nitrogen and oxygen atoms in total. The Morgan fingerprint density at radius 2 is 2.38 bits per heavy atom. The first-order valence-electron chi connectivity index (χ1n) is 2.64. The van der Waals surface area contributed by atoms with E-state index >= 15 is 0 Å². The Labute approximate surface area is 48.8 Å². The zero-order valence-corrected chi connectivity index (χ0v) is 4.92. The quantitative estimate of drug-likeness (QED) is 0.445. The molecule has 0 aliphatic carbocycles. The van der Waals surface area contributed by atoms with Gasteiger partial charge in [-0.15, -0.1) is 0 Å². The maximum absolute atomic E-state index is 10.4. The summed E-state index contributed by atoms with van der Waals surface area (Å²) in [6.45, 7) is 1.92. The number of ketones is 1. The molecule has 0 amide bonds. The summed E-state index contributed by atoms with van der Waals surface area (Å²) in [6, 6.07) is 0. The van der Waals surface area contributed by atoms with Gasteiger partial charge in [-0.2, -0.15) is 0 Å². The van der Waals surface area contributed by atoms with Crippen LogP contribution in [0.15, 0.2) is 12.3 Å². The summed E-state index contributed by atoms with van der Waals surface area (Å²) in [6.07, 6.45) is 3.31. The number of carbonyl (C=O) groups is 1. The average Bonchev–Trinajstić information content (AvgIpc) is 1.68. The van der Waals surface area contributed by atoms with Crippen molar-refractivity contribution in [1.82, 2.24) is 0 Å². The highest BCUT2D eigenvalue weighted by Crippen LogP contribution is 1.88. The van der Waals surface area contributed by atoms with E-state index < -0.39 is 0 Å². The fourth-order valence-corrected chi connectivity index (χ4v) is 0.413.